The molecular weight excluding hydrogens is 274 g/mol. The van der Waals surface area contributed by atoms with Gasteiger partial charge in [-0.25, -0.2) is 0 Å². The Morgan fingerprint density at radius 2 is 2.00 bits per heavy atom. The van der Waals surface area contributed by atoms with Crippen molar-refractivity contribution in [1.82, 2.24) is 5.32 Å². The maximum Gasteiger partial charge on any atom is 0.160 e. The molecule has 22 heavy (non-hydrogen) atoms. The quantitative estimate of drug-likeness (QED) is 0.708. The third-order valence-electron chi connectivity index (χ3n) is 5.17. The molecule has 0 fully saturated rings. The number of aryl methyl sites for hydroxylation is 1. The SMILES string of the molecule is Cc1cccc([C@@H]2CNC[C@@H]3CCc4c(O)c(O)cc2c43)c1. The zero-order valence-corrected chi connectivity index (χ0v) is 12.8. The average molecular weight is 295 g/mol. The first kappa shape index (κ1) is 13.6. The largest absolute Gasteiger partial charge is 0.504 e. The van der Waals surface area contributed by atoms with Crippen LogP contribution >= 0.6 is 0 Å². The summed E-state index contributed by atoms with van der Waals surface area (Å²) in [6.45, 7) is 3.93. The van der Waals surface area contributed by atoms with Crippen molar-refractivity contribution < 1.29 is 10.2 Å². The predicted octanol–water partition coefficient (Wildman–Crippen LogP) is 3.17. The maximum absolute atomic E-state index is 10.2. The lowest BCUT2D eigenvalue weighted by Crippen LogP contribution is -2.22. The Morgan fingerprint density at radius 1 is 1.14 bits per heavy atom. The van der Waals surface area contributed by atoms with E-state index >= 15 is 0 Å². The highest BCUT2D eigenvalue weighted by atomic mass is 16.3. The zero-order valence-electron chi connectivity index (χ0n) is 12.8. The molecule has 0 bridgehead atoms. The molecule has 0 saturated carbocycles. The van der Waals surface area contributed by atoms with Gasteiger partial charge in [-0.1, -0.05) is 29.8 Å². The van der Waals surface area contributed by atoms with Crippen molar-refractivity contribution in [2.24, 2.45) is 0 Å². The van der Waals surface area contributed by atoms with Crippen LogP contribution in [0, 0.1) is 6.92 Å². The summed E-state index contributed by atoms with van der Waals surface area (Å²) < 4.78 is 0. The van der Waals surface area contributed by atoms with Crippen molar-refractivity contribution in [1.29, 1.82) is 0 Å². The van der Waals surface area contributed by atoms with Crippen molar-refractivity contribution in [2.45, 2.75) is 31.6 Å². The molecule has 3 N–H and O–H groups in total. The Bertz CT molecular complexity index is 738. The second-order valence-corrected chi connectivity index (χ2v) is 6.59. The third kappa shape index (κ3) is 2.00. The van der Waals surface area contributed by atoms with Gasteiger partial charge in [-0.05, 0) is 48.4 Å². The molecule has 1 aliphatic heterocycles. The van der Waals surface area contributed by atoms with Crippen LogP contribution in [0.3, 0.4) is 0 Å². The normalized spacial score (nSPS) is 23.1. The Balaban J connectivity index is 1.92. The van der Waals surface area contributed by atoms with Crippen LogP contribution in [0.25, 0.3) is 0 Å². The summed E-state index contributed by atoms with van der Waals surface area (Å²) in [7, 11) is 0. The van der Waals surface area contributed by atoms with Crippen LogP contribution in [-0.4, -0.2) is 23.3 Å². The van der Waals surface area contributed by atoms with Gasteiger partial charge in [-0.3, -0.25) is 0 Å². The highest BCUT2D eigenvalue weighted by Crippen LogP contribution is 2.48. The third-order valence-corrected chi connectivity index (χ3v) is 5.17. The van der Waals surface area contributed by atoms with E-state index in [1.807, 2.05) is 0 Å². The van der Waals surface area contributed by atoms with E-state index < -0.39 is 0 Å². The topological polar surface area (TPSA) is 52.5 Å². The number of phenolic OH excluding ortho intramolecular Hbond substituents is 2. The molecular formula is C19H21NO2. The van der Waals surface area contributed by atoms with E-state index in [1.54, 1.807) is 6.07 Å². The molecule has 1 heterocycles. The van der Waals surface area contributed by atoms with Gasteiger partial charge in [0, 0.05) is 24.6 Å². The Morgan fingerprint density at radius 3 is 2.82 bits per heavy atom. The van der Waals surface area contributed by atoms with E-state index in [9.17, 15) is 10.2 Å². The molecule has 0 spiro atoms. The summed E-state index contributed by atoms with van der Waals surface area (Å²) in [5.74, 6) is 0.787. The first-order valence-corrected chi connectivity index (χ1v) is 8.00. The van der Waals surface area contributed by atoms with Gasteiger partial charge < -0.3 is 15.5 Å². The number of hydrogen-bond donors (Lipinski definition) is 3. The van der Waals surface area contributed by atoms with Crippen molar-refractivity contribution in [2.75, 3.05) is 13.1 Å². The molecule has 1 aliphatic carbocycles. The Labute approximate surface area is 130 Å². The molecule has 2 atom stereocenters. The van der Waals surface area contributed by atoms with Gasteiger partial charge in [0.05, 0.1) is 0 Å². The second kappa shape index (κ2) is 5.03. The minimum atomic E-state index is 0.0222. The highest BCUT2D eigenvalue weighted by molar-refractivity contribution is 5.59. The van der Waals surface area contributed by atoms with Gasteiger partial charge in [0.25, 0.3) is 0 Å². The summed E-state index contributed by atoms with van der Waals surface area (Å²) >= 11 is 0. The van der Waals surface area contributed by atoms with E-state index in [-0.39, 0.29) is 17.4 Å². The smallest absolute Gasteiger partial charge is 0.160 e. The lowest BCUT2D eigenvalue weighted by atomic mass is 9.84. The number of aromatic hydroxyl groups is 2. The fourth-order valence-corrected chi connectivity index (χ4v) is 4.14. The molecule has 2 aliphatic rings. The molecule has 0 amide bonds. The van der Waals surface area contributed by atoms with Gasteiger partial charge in [0.15, 0.2) is 11.5 Å². The number of hydrogen-bond acceptors (Lipinski definition) is 3. The molecule has 4 rings (SSSR count). The molecule has 0 radical (unpaired) electrons. The van der Waals surface area contributed by atoms with Crippen molar-refractivity contribution in [3.8, 4) is 11.5 Å². The molecule has 0 unspecified atom stereocenters. The van der Waals surface area contributed by atoms with E-state index in [2.05, 4.69) is 36.5 Å². The minimum absolute atomic E-state index is 0.0222. The van der Waals surface area contributed by atoms with E-state index in [4.69, 9.17) is 0 Å². The Kier molecular flexibility index (Phi) is 3.12. The number of phenols is 2. The number of rotatable bonds is 1. The van der Waals surface area contributed by atoms with Gasteiger partial charge in [-0.15, -0.1) is 0 Å². The summed E-state index contributed by atoms with van der Waals surface area (Å²) in [5, 5.41) is 23.9. The first-order valence-electron chi connectivity index (χ1n) is 8.00. The maximum atomic E-state index is 10.2. The second-order valence-electron chi connectivity index (χ2n) is 6.59. The molecule has 0 aromatic heterocycles. The van der Waals surface area contributed by atoms with Crippen molar-refractivity contribution in [3.63, 3.8) is 0 Å². The van der Waals surface area contributed by atoms with Crippen molar-refractivity contribution >= 4 is 0 Å². The number of nitrogens with one attached hydrogen (secondary N) is 1. The molecule has 3 nitrogen and oxygen atoms in total. The average Bonchev–Trinajstić information content (AvgIpc) is 2.84. The summed E-state index contributed by atoms with van der Waals surface area (Å²) in [6, 6.07) is 10.4. The van der Waals surface area contributed by atoms with E-state index in [0.717, 1.165) is 31.5 Å². The van der Waals surface area contributed by atoms with Crippen LogP contribution in [0.4, 0.5) is 0 Å². The lowest BCUT2D eigenvalue weighted by Gasteiger charge is -2.21. The van der Waals surface area contributed by atoms with Gasteiger partial charge >= 0.3 is 0 Å². The first-order chi connectivity index (χ1) is 10.6. The fourth-order valence-electron chi connectivity index (χ4n) is 4.14. The molecule has 2 aromatic carbocycles. The van der Waals surface area contributed by atoms with Gasteiger partial charge in [-0.2, -0.15) is 0 Å². The van der Waals surface area contributed by atoms with Crippen LogP contribution in [0.1, 0.15) is 46.1 Å². The fraction of sp³-hybridized carbons (Fsp3) is 0.368. The molecule has 2 aromatic rings. The molecule has 3 heteroatoms. The van der Waals surface area contributed by atoms with E-state index in [0.29, 0.717) is 5.92 Å². The zero-order chi connectivity index (χ0) is 15.3. The summed E-state index contributed by atoms with van der Waals surface area (Å²) in [6.07, 6.45) is 1.91. The van der Waals surface area contributed by atoms with Crippen LogP contribution in [0.2, 0.25) is 0 Å². The van der Waals surface area contributed by atoms with Gasteiger partial charge in [0.2, 0.25) is 0 Å². The molecule has 114 valence electrons. The standard InChI is InChI=1S/C19H21NO2/c1-11-3-2-4-12(7-11)16-10-20-9-13-5-6-14-18(13)15(16)8-17(21)19(14)22/h2-4,7-8,13,16,20-22H,5-6,9-10H2,1H3/t13-,16-/m0/s1. The lowest BCUT2D eigenvalue weighted by molar-refractivity contribution is 0.399. The minimum Gasteiger partial charge on any atom is -0.504 e. The highest BCUT2D eigenvalue weighted by Gasteiger charge is 2.34. The van der Waals surface area contributed by atoms with E-state index in [1.165, 1.54) is 22.3 Å². The van der Waals surface area contributed by atoms with Crippen LogP contribution in [0.5, 0.6) is 11.5 Å². The van der Waals surface area contributed by atoms with Crippen LogP contribution in [0.15, 0.2) is 30.3 Å². The summed E-state index contributed by atoms with van der Waals surface area (Å²) in [4.78, 5) is 0. The monoisotopic (exact) mass is 295 g/mol. The van der Waals surface area contributed by atoms with Crippen LogP contribution < -0.4 is 5.32 Å². The van der Waals surface area contributed by atoms with Crippen LogP contribution in [-0.2, 0) is 6.42 Å². The van der Waals surface area contributed by atoms with Crippen molar-refractivity contribution in [3.05, 3.63) is 58.1 Å². The Hall–Kier alpha value is -2.00. The van der Waals surface area contributed by atoms with Gasteiger partial charge in [0.1, 0.15) is 0 Å². The molecule has 0 saturated heterocycles. The predicted molar refractivity (Wildman–Crippen MR) is 86.7 cm³/mol. The number of benzene rings is 2. The summed E-state index contributed by atoms with van der Waals surface area (Å²) in [5.41, 5.74) is 5.93.